The fourth-order valence-corrected chi connectivity index (χ4v) is 2.76. The third-order valence-electron chi connectivity index (χ3n) is 4.04. The largest absolute Gasteiger partial charge is 0.399 e. The van der Waals surface area contributed by atoms with Gasteiger partial charge in [-0.3, -0.25) is 0 Å². The second kappa shape index (κ2) is 5.61. The molecule has 100 valence electrons. The Labute approximate surface area is 110 Å². The molecule has 1 saturated heterocycles. The van der Waals surface area contributed by atoms with Crippen LogP contribution in [0.25, 0.3) is 0 Å². The average molecular weight is 248 g/mol. The Morgan fingerprint density at radius 3 is 2.83 bits per heavy atom. The molecule has 0 spiro atoms. The van der Waals surface area contributed by atoms with E-state index >= 15 is 0 Å². The quantitative estimate of drug-likeness (QED) is 0.803. The summed E-state index contributed by atoms with van der Waals surface area (Å²) in [5, 5.41) is 3.59. The lowest BCUT2D eigenvalue weighted by atomic mass is 9.86. The Hall–Kier alpha value is -1.22. The lowest BCUT2D eigenvalue weighted by Crippen LogP contribution is -2.43. The molecule has 1 fully saturated rings. The maximum atomic E-state index is 5.99. The van der Waals surface area contributed by atoms with Gasteiger partial charge in [0.25, 0.3) is 0 Å². The van der Waals surface area contributed by atoms with Gasteiger partial charge >= 0.3 is 0 Å². The number of nitrogens with one attached hydrogen (secondary N) is 1. The number of hydrogen-bond acceptors (Lipinski definition) is 3. The van der Waals surface area contributed by atoms with Crippen LogP contribution in [-0.2, 0) is 4.74 Å². The molecular weight excluding hydrogens is 224 g/mol. The lowest BCUT2D eigenvalue weighted by Gasteiger charge is -2.40. The summed E-state index contributed by atoms with van der Waals surface area (Å²) in [4.78, 5) is 0. The Balaban J connectivity index is 2.01. The molecule has 1 aromatic rings. The van der Waals surface area contributed by atoms with Crippen LogP contribution in [0.1, 0.15) is 39.5 Å². The summed E-state index contributed by atoms with van der Waals surface area (Å²) in [6.07, 6.45) is 4.31. The van der Waals surface area contributed by atoms with E-state index in [4.69, 9.17) is 10.5 Å². The van der Waals surface area contributed by atoms with Crippen LogP contribution >= 0.6 is 0 Å². The van der Waals surface area contributed by atoms with Crippen molar-refractivity contribution >= 4 is 11.4 Å². The van der Waals surface area contributed by atoms with Crippen LogP contribution in [0.5, 0.6) is 0 Å². The van der Waals surface area contributed by atoms with Crippen LogP contribution in [-0.4, -0.2) is 18.2 Å². The molecule has 0 aliphatic carbocycles. The molecule has 3 heteroatoms. The predicted molar refractivity (Wildman–Crippen MR) is 76.8 cm³/mol. The SMILES string of the molecule is CCC1(CC)CC(Nc2cccc(N)c2)CCO1. The fraction of sp³-hybridized carbons (Fsp3) is 0.600. The van der Waals surface area contributed by atoms with E-state index in [1.165, 1.54) is 0 Å². The third-order valence-corrected chi connectivity index (χ3v) is 4.04. The Kier molecular flexibility index (Phi) is 4.12. The standard InChI is InChI=1S/C15H24N2O/c1-3-15(4-2)11-14(8-9-18-15)17-13-7-5-6-12(16)10-13/h5-7,10,14,17H,3-4,8-9,11,16H2,1-2H3. The zero-order valence-corrected chi connectivity index (χ0v) is 11.4. The van der Waals surface area contributed by atoms with Crippen LogP contribution in [0.2, 0.25) is 0 Å². The molecule has 1 aromatic carbocycles. The minimum Gasteiger partial charge on any atom is -0.399 e. The zero-order valence-electron chi connectivity index (χ0n) is 11.4. The van der Waals surface area contributed by atoms with Crippen LogP contribution in [0, 0.1) is 0 Å². The van der Waals surface area contributed by atoms with Gasteiger partial charge < -0.3 is 15.8 Å². The maximum absolute atomic E-state index is 5.99. The van der Waals surface area contributed by atoms with Crippen molar-refractivity contribution in [1.82, 2.24) is 0 Å². The summed E-state index contributed by atoms with van der Waals surface area (Å²) in [6.45, 7) is 5.28. The highest BCUT2D eigenvalue weighted by molar-refractivity contribution is 5.54. The van der Waals surface area contributed by atoms with Crippen molar-refractivity contribution in [3.8, 4) is 0 Å². The molecule has 1 atom stereocenters. The Morgan fingerprint density at radius 1 is 1.39 bits per heavy atom. The first-order valence-electron chi connectivity index (χ1n) is 6.93. The molecule has 0 radical (unpaired) electrons. The smallest absolute Gasteiger partial charge is 0.0696 e. The van der Waals surface area contributed by atoms with Gasteiger partial charge in [0.1, 0.15) is 0 Å². The summed E-state index contributed by atoms with van der Waals surface area (Å²) in [5.74, 6) is 0. The first kappa shape index (κ1) is 13.2. The van der Waals surface area contributed by atoms with E-state index in [-0.39, 0.29) is 5.60 Å². The second-order valence-electron chi connectivity index (χ2n) is 5.20. The van der Waals surface area contributed by atoms with Crippen LogP contribution in [0.4, 0.5) is 11.4 Å². The molecule has 3 N–H and O–H groups in total. The molecule has 1 aliphatic rings. The normalized spacial score (nSPS) is 22.7. The second-order valence-corrected chi connectivity index (χ2v) is 5.20. The van der Waals surface area contributed by atoms with Crippen LogP contribution in [0.3, 0.4) is 0 Å². The van der Waals surface area contributed by atoms with Crippen LogP contribution in [0.15, 0.2) is 24.3 Å². The van der Waals surface area contributed by atoms with Crippen molar-refractivity contribution in [3.63, 3.8) is 0 Å². The van der Waals surface area contributed by atoms with Crippen molar-refractivity contribution in [1.29, 1.82) is 0 Å². The van der Waals surface area contributed by atoms with Gasteiger partial charge in [-0.05, 0) is 43.9 Å². The highest BCUT2D eigenvalue weighted by atomic mass is 16.5. The number of rotatable bonds is 4. The number of nitrogens with two attached hydrogens (primary N) is 1. The Morgan fingerprint density at radius 2 is 2.17 bits per heavy atom. The van der Waals surface area contributed by atoms with E-state index in [1.54, 1.807) is 0 Å². The molecule has 18 heavy (non-hydrogen) atoms. The van der Waals surface area contributed by atoms with Gasteiger partial charge in [0.05, 0.1) is 5.60 Å². The number of ether oxygens (including phenoxy) is 1. The number of anilines is 2. The first-order valence-corrected chi connectivity index (χ1v) is 6.93. The van der Waals surface area contributed by atoms with Gasteiger partial charge in [-0.25, -0.2) is 0 Å². The van der Waals surface area contributed by atoms with Crippen LogP contribution < -0.4 is 11.1 Å². The van der Waals surface area contributed by atoms with Gasteiger partial charge in [-0.1, -0.05) is 19.9 Å². The van der Waals surface area contributed by atoms with E-state index in [1.807, 2.05) is 18.2 Å². The topological polar surface area (TPSA) is 47.3 Å². The minimum atomic E-state index is 0.0657. The monoisotopic (exact) mass is 248 g/mol. The molecule has 0 amide bonds. The first-order chi connectivity index (χ1) is 8.67. The summed E-state index contributed by atoms with van der Waals surface area (Å²) in [6, 6.07) is 8.46. The van der Waals surface area contributed by atoms with Gasteiger partial charge in [-0.2, -0.15) is 0 Å². The van der Waals surface area contributed by atoms with Crippen molar-refractivity contribution in [2.24, 2.45) is 0 Å². The third kappa shape index (κ3) is 2.96. The highest BCUT2D eigenvalue weighted by Gasteiger charge is 2.34. The van der Waals surface area contributed by atoms with Gasteiger partial charge in [0.2, 0.25) is 0 Å². The van der Waals surface area contributed by atoms with E-state index in [0.29, 0.717) is 6.04 Å². The summed E-state index contributed by atoms with van der Waals surface area (Å²) < 4.78 is 5.99. The van der Waals surface area contributed by atoms with Gasteiger partial charge in [0, 0.05) is 24.0 Å². The summed E-state index contributed by atoms with van der Waals surface area (Å²) in [5.41, 5.74) is 7.79. The number of benzene rings is 1. The molecule has 2 rings (SSSR count). The van der Waals surface area contributed by atoms with E-state index < -0.39 is 0 Å². The minimum absolute atomic E-state index is 0.0657. The number of nitrogen functional groups attached to an aromatic ring is 1. The van der Waals surface area contributed by atoms with Crippen molar-refractivity contribution in [2.45, 2.75) is 51.2 Å². The van der Waals surface area contributed by atoms with Crippen molar-refractivity contribution < 1.29 is 4.74 Å². The van der Waals surface area contributed by atoms with E-state index in [2.05, 4.69) is 25.2 Å². The van der Waals surface area contributed by atoms with E-state index in [0.717, 1.165) is 43.7 Å². The molecule has 0 bridgehead atoms. The fourth-order valence-electron chi connectivity index (χ4n) is 2.76. The maximum Gasteiger partial charge on any atom is 0.0696 e. The number of hydrogen-bond donors (Lipinski definition) is 2. The van der Waals surface area contributed by atoms with E-state index in [9.17, 15) is 0 Å². The molecular formula is C15H24N2O. The van der Waals surface area contributed by atoms with Gasteiger partial charge in [-0.15, -0.1) is 0 Å². The predicted octanol–water partition coefficient (Wildman–Crippen LogP) is 3.42. The molecule has 1 unspecified atom stereocenters. The van der Waals surface area contributed by atoms with Crippen molar-refractivity contribution in [2.75, 3.05) is 17.7 Å². The molecule has 0 saturated carbocycles. The summed E-state index contributed by atoms with van der Waals surface area (Å²) >= 11 is 0. The summed E-state index contributed by atoms with van der Waals surface area (Å²) in [7, 11) is 0. The average Bonchev–Trinajstić information content (AvgIpc) is 2.39. The zero-order chi connectivity index (χ0) is 13.0. The van der Waals surface area contributed by atoms with Gasteiger partial charge in [0.15, 0.2) is 0 Å². The lowest BCUT2D eigenvalue weighted by molar-refractivity contribution is -0.0864. The molecule has 1 heterocycles. The molecule has 0 aromatic heterocycles. The molecule has 3 nitrogen and oxygen atoms in total. The highest BCUT2D eigenvalue weighted by Crippen LogP contribution is 2.32. The molecule has 1 aliphatic heterocycles. The Bertz CT molecular complexity index is 388. The van der Waals surface area contributed by atoms with Crippen molar-refractivity contribution in [3.05, 3.63) is 24.3 Å².